The number of aromatic nitrogens is 1. The number of piperidine rings is 1. The van der Waals surface area contributed by atoms with E-state index in [1.165, 1.54) is 11.1 Å². The Morgan fingerprint density at radius 1 is 1.30 bits per heavy atom. The Balaban J connectivity index is 1.56. The number of ether oxygens (including phenoxy) is 2. The number of carbonyl (C=O) groups is 1. The number of fused-ring (bicyclic) bond motifs is 5. The Morgan fingerprint density at radius 3 is 2.96 bits per heavy atom. The molecular weight excluding hydrogens is 340 g/mol. The number of amides is 1. The van der Waals surface area contributed by atoms with Gasteiger partial charge in [-0.2, -0.15) is 0 Å². The first kappa shape index (κ1) is 16.8. The highest BCUT2D eigenvalue weighted by molar-refractivity contribution is 5.84. The first-order chi connectivity index (χ1) is 13.2. The van der Waals surface area contributed by atoms with Gasteiger partial charge in [-0.15, -0.1) is 0 Å². The van der Waals surface area contributed by atoms with Gasteiger partial charge >= 0.3 is 0 Å². The standard InChI is InChI=1S/C22H24N2O3/c1-3-13-12-27-22(26-4-2)19-16(13)10-18-20-15(11-24(18)21(19)25)9-14-7-5-6-8-17(14)23-20/h5-9,12,16,18-19,22H,3-4,10-11H2,1-2H3. The largest absolute Gasteiger partial charge is 0.472 e. The third-order valence-electron chi connectivity index (χ3n) is 6.21. The number of hydrogen-bond donors (Lipinski definition) is 0. The van der Waals surface area contributed by atoms with Crippen molar-refractivity contribution in [3.05, 3.63) is 53.4 Å². The van der Waals surface area contributed by atoms with Crippen LogP contribution in [0.15, 0.2) is 42.2 Å². The van der Waals surface area contributed by atoms with Crippen molar-refractivity contribution in [2.75, 3.05) is 6.61 Å². The Labute approximate surface area is 159 Å². The number of nitrogens with zero attached hydrogens (tertiary/aromatic N) is 2. The molecule has 4 unspecified atom stereocenters. The maximum absolute atomic E-state index is 13.5. The molecular formula is C22H24N2O3. The molecule has 1 saturated heterocycles. The van der Waals surface area contributed by atoms with Crippen molar-refractivity contribution in [2.45, 2.75) is 45.6 Å². The fourth-order valence-corrected chi connectivity index (χ4v) is 4.92. The average Bonchev–Trinajstić information content (AvgIpc) is 3.04. The fourth-order valence-electron chi connectivity index (χ4n) is 4.92. The molecule has 5 heteroatoms. The molecule has 5 nitrogen and oxygen atoms in total. The molecule has 1 aromatic carbocycles. The molecule has 3 aliphatic heterocycles. The predicted octanol–water partition coefficient (Wildman–Crippen LogP) is 3.94. The van der Waals surface area contributed by atoms with Crippen molar-refractivity contribution in [1.29, 1.82) is 0 Å². The van der Waals surface area contributed by atoms with Gasteiger partial charge in [0, 0.05) is 24.5 Å². The third kappa shape index (κ3) is 2.48. The van der Waals surface area contributed by atoms with E-state index in [1.54, 1.807) is 0 Å². The molecule has 0 radical (unpaired) electrons. The van der Waals surface area contributed by atoms with Gasteiger partial charge in [-0.25, -0.2) is 0 Å². The molecule has 1 aromatic heterocycles. The molecule has 2 aromatic rings. The van der Waals surface area contributed by atoms with Crippen LogP contribution in [0.1, 0.15) is 44.0 Å². The summed E-state index contributed by atoms with van der Waals surface area (Å²) in [6, 6.07) is 10.4. The van der Waals surface area contributed by atoms with E-state index in [4.69, 9.17) is 14.5 Å². The fraction of sp³-hybridized carbons (Fsp3) is 0.455. The first-order valence-corrected chi connectivity index (χ1v) is 9.86. The van der Waals surface area contributed by atoms with Crippen molar-refractivity contribution in [2.24, 2.45) is 11.8 Å². The van der Waals surface area contributed by atoms with Crippen molar-refractivity contribution in [3.63, 3.8) is 0 Å². The molecule has 1 amide bonds. The van der Waals surface area contributed by atoms with E-state index < -0.39 is 6.29 Å². The summed E-state index contributed by atoms with van der Waals surface area (Å²) in [5.41, 5.74) is 4.44. The van der Waals surface area contributed by atoms with Crippen molar-refractivity contribution < 1.29 is 14.3 Å². The molecule has 0 saturated carbocycles. The molecule has 0 spiro atoms. The van der Waals surface area contributed by atoms with Crippen LogP contribution in [0.5, 0.6) is 0 Å². The number of rotatable bonds is 3. The van der Waals surface area contributed by atoms with Gasteiger partial charge in [-0.1, -0.05) is 25.1 Å². The number of carbonyl (C=O) groups excluding carboxylic acids is 1. The third-order valence-corrected chi connectivity index (χ3v) is 6.21. The smallest absolute Gasteiger partial charge is 0.233 e. The lowest BCUT2D eigenvalue weighted by molar-refractivity contribution is -0.188. The molecule has 0 bridgehead atoms. The lowest BCUT2D eigenvalue weighted by Gasteiger charge is -2.45. The lowest BCUT2D eigenvalue weighted by Crippen LogP contribution is -2.52. The van der Waals surface area contributed by atoms with Crippen LogP contribution in [0.3, 0.4) is 0 Å². The Bertz CT molecular complexity index is 938. The van der Waals surface area contributed by atoms with Crippen LogP contribution < -0.4 is 0 Å². The summed E-state index contributed by atoms with van der Waals surface area (Å²) in [7, 11) is 0. The van der Waals surface area contributed by atoms with E-state index in [-0.39, 0.29) is 23.8 Å². The van der Waals surface area contributed by atoms with Crippen LogP contribution in [0.25, 0.3) is 10.9 Å². The predicted molar refractivity (Wildman–Crippen MR) is 102 cm³/mol. The number of hydrogen-bond acceptors (Lipinski definition) is 4. The van der Waals surface area contributed by atoms with Gasteiger partial charge in [0.25, 0.3) is 0 Å². The number of benzene rings is 1. The summed E-state index contributed by atoms with van der Waals surface area (Å²) in [6.07, 6.45) is 3.12. The number of para-hydroxylation sites is 1. The van der Waals surface area contributed by atoms with Gasteiger partial charge in [0.1, 0.15) is 5.92 Å². The molecule has 27 heavy (non-hydrogen) atoms. The maximum Gasteiger partial charge on any atom is 0.233 e. The zero-order valence-corrected chi connectivity index (χ0v) is 15.7. The molecule has 3 aliphatic rings. The summed E-state index contributed by atoms with van der Waals surface area (Å²) in [5.74, 6) is 0.0361. The van der Waals surface area contributed by atoms with Crippen LogP contribution in [-0.2, 0) is 20.8 Å². The summed E-state index contributed by atoms with van der Waals surface area (Å²) < 4.78 is 11.6. The van der Waals surface area contributed by atoms with E-state index in [0.29, 0.717) is 13.2 Å². The number of pyridine rings is 1. The van der Waals surface area contributed by atoms with Crippen molar-refractivity contribution in [1.82, 2.24) is 9.88 Å². The normalized spacial score (nSPS) is 29.0. The van der Waals surface area contributed by atoms with Crippen molar-refractivity contribution >= 4 is 16.8 Å². The molecule has 4 atom stereocenters. The monoisotopic (exact) mass is 364 g/mol. The van der Waals surface area contributed by atoms with Crippen LogP contribution in [0, 0.1) is 11.8 Å². The second-order valence-electron chi connectivity index (χ2n) is 7.58. The van der Waals surface area contributed by atoms with E-state index in [9.17, 15) is 4.79 Å². The highest BCUT2D eigenvalue weighted by Gasteiger charge is 2.52. The lowest BCUT2D eigenvalue weighted by atomic mass is 9.75. The van der Waals surface area contributed by atoms with Gasteiger partial charge < -0.3 is 14.4 Å². The second-order valence-corrected chi connectivity index (χ2v) is 7.58. The van der Waals surface area contributed by atoms with E-state index in [2.05, 4.69) is 19.1 Å². The average molecular weight is 364 g/mol. The Morgan fingerprint density at radius 2 is 2.15 bits per heavy atom. The highest BCUT2D eigenvalue weighted by atomic mass is 16.7. The van der Waals surface area contributed by atoms with Crippen LogP contribution in [-0.4, -0.2) is 28.7 Å². The Kier molecular flexibility index (Phi) is 3.93. The maximum atomic E-state index is 13.5. The van der Waals surface area contributed by atoms with Crippen LogP contribution in [0.2, 0.25) is 0 Å². The summed E-state index contributed by atoms with van der Waals surface area (Å²) in [4.78, 5) is 20.4. The number of allylic oxidation sites excluding steroid dienone is 1. The minimum absolute atomic E-state index is 0.0497. The van der Waals surface area contributed by atoms with Gasteiger partial charge in [0.05, 0.1) is 23.5 Å². The SMILES string of the molecule is CCOC1OC=C(CC)C2CC3c4nc5ccccc5cc4CN3C(=O)C12. The van der Waals surface area contributed by atoms with E-state index >= 15 is 0 Å². The zero-order valence-electron chi connectivity index (χ0n) is 15.7. The molecule has 5 rings (SSSR count). The minimum Gasteiger partial charge on any atom is -0.472 e. The first-order valence-electron chi connectivity index (χ1n) is 9.86. The van der Waals surface area contributed by atoms with Crippen LogP contribution in [0.4, 0.5) is 0 Å². The molecule has 0 N–H and O–H groups in total. The van der Waals surface area contributed by atoms with Gasteiger partial charge in [0.15, 0.2) is 0 Å². The molecule has 1 fully saturated rings. The van der Waals surface area contributed by atoms with Crippen LogP contribution >= 0.6 is 0 Å². The van der Waals surface area contributed by atoms with Gasteiger partial charge in [-0.05, 0) is 43.0 Å². The summed E-state index contributed by atoms with van der Waals surface area (Å²) in [5, 5.41) is 1.13. The zero-order chi connectivity index (χ0) is 18.5. The highest BCUT2D eigenvalue weighted by Crippen LogP contribution is 2.49. The topological polar surface area (TPSA) is 51.7 Å². The second kappa shape index (κ2) is 6.34. The van der Waals surface area contributed by atoms with Crippen molar-refractivity contribution in [3.8, 4) is 0 Å². The quantitative estimate of drug-likeness (QED) is 0.828. The van der Waals surface area contributed by atoms with E-state index in [1.807, 2.05) is 36.3 Å². The molecule has 140 valence electrons. The van der Waals surface area contributed by atoms with Gasteiger partial charge in [-0.3, -0.25) is 9.78 Å². The summed E-state index contributed by atoms with van der Waals surface area (Å²) >= 11 is 0. The Hall–Kier alpha value is -2.40. The van der Waals surface area contributed by atoms with E-state index in [0.717, 1.165) is 29.4 Å². The summed E-state index contributed by atoms with van der Waals surface area (Å²) in [6.45, 7) is 5.23. The minimum atomic E-state index is -0.487. The molecule has 0 aliphatic carbocycles. The van der Waals surface area contributed by atoms with Gasteiger partial charge in [0.2, 0.25) is 12.2 Å². The molecule has 4 heterocycles.